The van der Waals surface area contributed by atoms with Crippen molar-refractivity contribution in [3.05, 3.63) is 23.8 Å². The van der Waals surface area contributed by atoms with Crippen LogP contribution in [0.5, 0.6) is 0 Å². The molecule has 8 nitrogen and oxygen atoms in total. The van der Waals surface area contributed by atoms with Crippen molar-refractivity contribution in [2.75, 3.05) is 0 Å². The summed E-state index contributed by atoms with van der Waals surface area (Å²) in [5, 5.41) is 12.5. The molecule has 0 saturated heterocycles. The summed E-state index contributed by atoms with van der Waals surface area (Å²) in [7, 11) is 0. The summed E-state index contributed by atoms with van der Waals surface area (Å²) in [6.45, 7) is 0. The van der Waals surface area contributed by atoms with Gasteiger partial charge in [-0.1, -0.05) is 0 Å². The number of hydrogen-bond donors (Lipinski definition) is 1. The van der Waals surface area contributed by atoms with Gasteiger partial charge in [-0.2, -0.15) is 14.6 Å². The zero-order valence-electron chi connectivity index (χ0n) is 7.49. The van der Waals surface area contributed by atoms with Crippen molar-refractivity contribution in [1.29, 1.82) is 0 Å². The van der Waals surface area contributed by atoms with Gasteiger partial charge >= 0.3 is 11.9 Å². The van der Waals surface area contributed by atoms with Gasteiger partial charge in [0.25, 0.3) is 5.78 Å². The minimum absolute atomic E-state index is 0.0247. The van der Waals surface area contributed by atoms with Crippen LogP contribution in [0.25, 0.3) is 5.78 Å². The Morgan fingerprint density at radius 3 is 2.88 bits per heavy atom. The van der Waals surface area contributed by atoms with Crippen molar-refractivity contribution >= 4 is 40.7 Å². The quantitative estimate of drug-likeness (QED) is 0.789. The molecule has 0 spiro atoms. The van der Waals surface area contributed by atoms with E-state index < -0.39 is 11.9 Å². The van der Waals surface area contributed by atoms with E-state index in [1.54, 1.807) is 0 Å². The van der Waals surface area contributed by atoms with E-state index in [4.69, 9.17) is 5.11 Å². The molecule has 2 aromatic rings. The topological polar surface area (TPSA) is 107 Å². The van der Waals surface area contributed by atoms with Crippen LogP contribution < -0.4 is 0 Å². The second kappa shape index (κ2) is 4.00. The zero-order chi connectivity index (χ0) is 11.7. The molecule has 0 amide bonds. The van der Waals surface area contributed by atoms with E-state index >= 15 is 0 Å². The maximum Gasteiger partial charge on any atom is 0.366 e. The Morgan fingerprint density at radius 2 is 2.25 bits per heavy atom. The molecule has 2 heterocycles. The van der Waals surface area contributed by atoms with Crippen molar-refractivity contribution in [3.63, 3.8) is 0 Å². The Labute approximate surface area is 102 Å². The molecule has 0 aliphatic rings. The third kappa shape index (κ3) is 1.68. The average molecular weight is 334 g/mol. The van der Waals surface area contributed by atoms with E-state index in [0.717, 1.165) is 16.9 Å². The van der Waals surface area contributed by atoms with Crippen molar-refractivity contribution in [2.24, 2.45) is 0 Å². The van der Waals surface area contributed by atoms with E-state index in [-0.39, 0.29) is 17.2 Å². The molecule has 0 aliphatic heterocycles. The van der Waals surface area contributed by atoms with Crippen molar-refractivity contribution < 1.29 is 17.8 Å². The van der Waals surface area contributed by atoms with Crippen LogP contribution in [0.4, 0.5) is 0 Å². The van der Waals surface area contributed by atoms with Crippen molar-refractivity contribution in [2.45, 2.75) is 0 Å². The van der Waals surface area contributed by atoms with Crippen LogP contribution in [0.2, 0.25) is 0 Å². The summed E-state index contributed by atoms with van der Waals surface area (Å²) < 4.78 is 5.57. The van der Waals surface area contributed by atoms with Gasteiger partial charge in [0.05, 0.1) is 0 Å². The fourth-order valence-corrected chi connectivity index (χ4v) is 1.33. The molecule has 0 fully saturated rings. The predicted molar refractivity (Wildman–Crippen MR) is 57.2 cm³/mol. The molecule has 0 radical (unpaired) electrons. The molecule has 0 bridgehead atoms. The minimum Gasteiger partial charge on any atom is -0.477 e. The van der Waals surface area contributed by atoms with E-state index in [1.807, 2.05) is 0 Å². The van der Waals surface area contributed by atoms with Crippen LogP contribution in [0.15, 0.2) is 12.4 Å². The lowest BCUT2D eigenvalue weighted by Crippen LogP contribution is -2.12. The number of carboxylic acids is 1. The van der Waals surface area contributed by atoms with Gasteiger partial charge in [0, 0.05) is 6.07 Å². The first kappa shape index (κ1) is 10.7. The summed E-state index contributed by atoms with van der Waals surface area (Å²) >= 11 is 1.40. The molecule has 0 aliphatic carbocycles. The lowest BCUT2D eigenvalue weighted by atomic mass is 10.3. The fourth-order valence-electron chi connectivity index (χ4n) is 1.11. The fraction of sp³-hybridized carbons (Fsp3) is 0. The first-order chi connectivity index (χ1) is 7.63. The van der Waals surface area contributed by atoms with E-state index in [2.05, 4.69) is 18.1 Å². The summed E-state index contributed by atoms with van der Waals surface area (Å²) in [5.41, 5.74) is -0.341. The highest BCUT2D eigenvalue weighted by atomic mass is 127. The molecular weight excluding hydrogens is 331 g/mol. The van der Waals surface area contributed by atoms with Crippen LogP contribution in [0.1, 0.15) is 21.0 Å². The molecule has 82 valence electrons. The van der Waals surface area contributed by atoms with E-state index in [9.17, 15) is 9.59 Å². The van der Waals surface area contributed by atoms with Gasteiger partial charge in [0.2, 0.25) is 0 Å². The SMILES string of the molecule is O=C(O)c1cc(C(=O)OI)n2ncnc2n1. The molecule has 16 heavy (non-hydrogen) atoms. The summed E-state index contributed by atoms with van der Waals surface area (Å²) in [4.78, 5) is 29.5. The van der Waals surface area contributed by atoms with Gasteiger partial charge in [-0.15, -0.1) is 0 Å². The molecule has 0 atom stereocenters. The third-order valence-corrected chi connectivity index (χ3v) is 2.15. The maximum absolute atomic E-state index is 11.4. The zero-order valence-corrected chi connectivity index (χ0v) is 9.65. The number of nitrogens with zero attached hydrogens (tertiary/aromatic N) is 4. The normalized spacial score (nSPS) is 10.3. The monoisotopic (exact) mass is 334 g/mol. The van der Waals surface area contributed by atoms with Gasteiger partial charge in [-0.25, -0.2) is 14.6 Å². The van der Waals surface area contributed by atoms with Crippen LogP contribution in [0, 0.1) is 0 Å². The van der Waals surface area contributed by atoms with Crippen LogP contribution in [-0.2, 0) is 3.07 Å². The van der Waals surface area contributed by atoms with Crippen LogP contribution >= 0.6 is 23.0 Å². The second-order valence-electron chi connectivity index (χ2n) is 2.67. The average Bonchev–Trinajstić information content (AvgIpc) is 2.74. The Bertz CT molecular complexity index is 581. The van der Waals surface area contributed by atoms with E-state index in [0.29, 0.717) is 0 Å². The second-order valence-corrected chi connectivity index (χ2v) is 3.11. The number of carbonyl (C=O) groups is 2. The highest BCUT2D eigenvalue weighted by Crippen LogP contribution is 2.08. The van der Waals surface area contributed by atoms with Crippen LogP contribution in [0.3, 0.4) is 0 Å². The number of carbonyl (C=O) groups excluding carboxylic acids is 1. The Hall–Kier alpha value is -1.78. The number of aromatic nitrogens is 4. The lowest BCUT2D eigenvalue weighted by molar-refractivity contribution is 0.0690. The Kier molecular flexibility index (Phi) is 2.68. The highest BCUT2D eigenvalue weighted by molar-refractivity contribution is 14.1. The van der Waals surface area contributed by atoms with E-state index in [1.165, 1.54) is 23.0 Å². The van der Waals surface area contributed by atoms with Crippen LogP contribution in [-0.4, -0.2) is 36.6 Å². The number of halogens is 1. The Morgan fingerprint density at radius 1 is 1.50 bits per heavy atom. The molecule has 0 aromatic carbocycles. The first-order valence-corrected chi connectivity index (χ1v) is 4.78. The number of carboxylic acid groups (broad SMARTS) is 1. The van der Waals surface area contributed by atoms with Gasteiger partial charge in [-0.3, -0.25) is 0 Å². The molecule has 1 N–H and O–H groups in total. The predicted octanol–water partition coefficient (Wildman–Crippen LogP) is 0.329. The molecule has 9 heteroatoms. The highest BCUT2D eigenvalue weighted by Gasteiger charge is 2.18. The van der Waals surface area contributed by atoms with Gasteiger partial charge in [0.15, 0.2) is 34.4 Å². The molecule has 2 rings (SSSR count). The third-order valence-electron chi connectivity index (χ3n) is 1.75. The molecule has 0 saturated carbocycles. The number of rotatable bonds is 2. The summed E-state index contributed by atoms with van der Waals surface area (Å²) in [5.74, 6) is -1.95. The van der Waals surface area contributed by atoms with Crippen molar-refractivity contribution in [1.82, 2.24) is 19.6 Å². The largest absolute Gasteiger partial charge is 0.477 e. The Balaban J connectivity index is 2.73. The maximum atomic E-state index is 11.4. The molecule has 0 unspecified atom stereocenters. The standard InChI is InChI=1S/C7H3IN4O4/c8-16-6(15)4-1-3(5(13)14)11-7-9-2-10-12(4)7/h1-2H,(H,13,14). The number of hydrogen-bond acceptors (Lipinski definition) is 6. The first-order valence-electron chi connectivity index (χ1n) is 3.90. The molecular formula is C7H3IN4O4. The smallest absolute Gasteiger partial charge is 0.366 e. The van der Waals surface area contributed by atoms with Crippen molar-refractivity contribution in [3.8, 4) is 0 Å². The number of fused-ring (bicyclic) bond motifs is 1. The summed E-state index contributed by atoms with van der Waals surface area (Å²) in [6.07, 6.45) is 1.16. The van der Waals surface area contributed by atoms with Gasteiger partial charge < -0.3 is 8.17 Å². The number of aromatic carboxylic acids is 1. The van der Waals surface area contributed by atoms with Gasteiger partial charge in [0.1, 0.15) is 6.33 Å². The molecule has 2 aromatic heterocycles. The lowest BCUT2D eigenvalue weighted by Gasteiger charge is -2.01. The minimum atomic E-state index is -1.26. The van der Waals surface area contributed by atoms with Gasteiger partial charge in [-0.05, 0) is 0 Å². The summed E-state index contributed by atoms with van der Waals surface area (Å²) in [6, 6.07) is 1.07.